The van der Waals surface area contributed by atoms with Crippen LogP contribution in [0.2, 0.25) is 0 Å². The number of aromatic nitrogens is 3. The fourth-order valence-corrected chi connectivity index (χ4v) is 7.45. The van der Waals surface area contributed by atoms with Gasteiger partial charge in [-0.25, -0.2) is 15.0 Å². The Kier molecular flexibility index (Phi) is 7.46. The first-order chi connectivity index (χ1) is 24.6. The minimum atomic E-state index is 0.662. The van der Waals surface area contributed by atoms with Gasteiger partial charge in [-0.1, -0.05) is 103 Å². The van der Waals surface area contributed by atoms with Gasteiger partial charge in [0.2, 0.25) is 0 Å². The highest BCUT2D eigenvalue weighted by Gasteiger charge is 2.28. The van der Waals surface area contributed by atoms with Crippen molar-refractivity contribution >= 4 is 33.4 Å². The van der Waals surface area contributed by atoms with Crippen molar-refractivity contribution in [1.29, 1.82) is 0 Å². The third-order valence-electron chi connectivity index (χ3n) is 9.89. The number of aryl methyl sites for hydroxylation is 2. The predicted molar refractivity (Wildman–Crippen MR) is 204 cm³/mol. The van der Waals surface area contributed by atoms with E-state index in [0.717, 1.165) is 80.0 Å². The van der Waals surface area contributed by atoms with Crippen LogP contribution in [0.5, 0.6) is 11.5 Å². The lowest BCUT2D eigenvalue weighted by Crippen LogP contribution is -2.16. The van der Waals surface area contributed by atoms with Crippen molar-refractivity contribution < 1.29 is 4.74 Å². The fourth-order valence-electron chi connectivity index (χ4n) is 7.45. The van der Waals surface area contributed by atoms with E-state index in [4.69, 9.17) is 19.7 Å². The van der Waals surface area contributed by atoms with E-state index in [2.05, 4.69) is 122 Å². The zero-order valence-corrected chi connectivity index (χ0v) is 28.2. The number of allylic oxidation sites excluding steroid dienone is 2. The molecule has 50 heavy (non-hydrogen) atoms. The van der Waals surface area contributed by atoms with Crippen molar-refractivity contribution in [2.75, 3.05) is 4.90 Å². The first kappa shape index (κ1) is 30.0. The van der Waals surface area contributed by atoms with E-state index in [1.54, 1.807) is 0 Å². The SMILES string of the molecule is Cc1cc(N2c3ccccc3Oc3c2ccc2ccccc32)cc(C)c1-c1nc(-c2ccccc2)nc(-c2ccc(C3=CCCCC3)cc2)n1. The van der Waals surface area contributed by atoms with Crippen molar-refractivity contribution in [2.45, 2.75) is 39.5 Å². The molecule has 0 radical (unpaired) electrons. The Morgan fingerprint density at radius 3 is 2.00 bits per heavy atom. The Hall–Kier alpha value is -6.07. The predicted octanol–water partition coefficient (Wildman–Crippen LogP) is 12.2. The van der Waals surface area contributed by atoms with E-state index in [9.17, 15) is 0 Å². The van der Waals surface area contributed by atoms with Gasteiger partial charge in [0.15, 0.2) is 29.0 Å². The van der Waals surface area contributed by atoms with Gasteiger partial charge in [-0.15, -0.1) is 0 Å². The Morgan fingerprint density at radius 1 is 0.580 bits per heavy atom. The molecule has 2 aliphatic rings. The summed E-state index contributed by atoms with van der Waals surface area (Å²) in [7, 11) is 0. The average Bonchev–Trinajstić information content (AvgIpc) is 3.17. The monoisotopic (exact) mass is 648 g/mol. The van der Waals surface area contributed by atoms with E-state index >= 15 is 0 Å². The van der Waals surface area contributed by atoms with Crippen LogP contribution in [0, 0.1) is 13.8 Å². The van der Waals surface area contributed by atoms with Crippen LogP contribution in [0.15, 0.2) is 133 Å². The number of fused-ring (bicyclic) bond motifs is 4. The van der Waals surface area contributed by atoms with Crippen molar-refractivity contribution in [2.24, 2.45) is 0 Å². The topological polar surface area (TPSA) is 51.1 Å². The Bertz CT molecular complexity index is 2410. The number of anilines is 3. The lowest BCUT2D eigenvalue weighted by Gasteiger charge is -2.34. The Balaban J connectivity index is 1.17. The second kappa shape index (κ2) is 12.4. The van der Waals surface area contributed by atoms with Gasteiger partial charge >= 0.3 is 0 Å². The fraction of sp³-hybridized carbons (Fsp3) is 0.133. The molecule has 6 aromatic carbocycles. The van der Waals surface area contributed by atoms with Crippen molar-refractivity contribution in [3.8, 4) is 45.7 Å². The highest BCUT2D eigenvalue weighted by atomic mass is 16.5. The normalized spacial score (nSPS) is 13.7. The van der Waals surface area contributed by atoms with Crippen LogP contribution < -0.4 is 9.64 Å². The van der Waals surface area contributed by atoms with Gasteiger partial charge in [-0.3, -0.25) is 0 Å². The summed E-state index contributed by atoms with van der Waals surface area (Å²) in [6, 6.07) is 44.3. The summed E-state index contributed by atoms with van der Waals surface area (Å²) >= 11 is 0. The molecule has 1 aromatic heterocycles. The number of nitrogens with zero attached hydrogens (tertiary/aromatic N) is 4. The molecule has 0 saturated heterocycles. The van der Waals surface area contributed by atoms with E-state index in [-0.39, 0.29) is 0 Å². The number of rotatable bonds is 5. The molecule has 0 bridgehead atoms. The minimum absolute atomic E-state index is 0.662. The van der Waals surface area contributed by atoms with Crippen LogP contribution in [-0.2, 0) is 0 Å². The molecule has 7 aromatic rings. The third-order valence-corrected chi connectivity index (χ3v) is 9.89. The number of hydrogen-bond donors (Lipinski definition) is 0. The second-order valence-electron chi connectivity index (χ2n) is 13.2. The molecule has 0 amide bonds. The van der Waals surface area contributed by atoms with Crippen molar-refractivity contribution in [3.05, 3.63) is 150 Å². The van der Waals surface area contributed by atoms with Gasteiger partial charge in [-0.2, -0.15) is 0 Å². The molecule has 0 spiro atoms. The van der Waals surface area contributed by atoms with Crippen LogP contribution in [0.1, 0.15) is 42.4 Å². The van der Waals surface area contributed by atoms with Crippen LogP contribution in [0.3, 0.4) is 0 Å². The minimum Gasteiger partial charge on any atom is -0.452 e. The highest BCUT2D eigenvalue weighted by Crippen LogP contribution is 2.53. The largest absolute Gasteiger partial charge is 0.452 e. The first-order valence-corrected chi connectivity index (χ1v) is 17.4. The second-order valence-corrected chi connectivity index (χ2v) is 13.2. The smallest absolute Gasteiger partial charge is 0.164 e. The molecular formula is C45H36N4O. The lowest BCUT2D eigenvalue weighted by atomic mass is 9.93. The summed E-state index contributed by atoms with van der Waals surface area (Å²) in [5.41, 5.74) is 10.9. The molecule has 5 nitrogen and oxygen atoms in total. The van der Waals surface area contributed by atoms with Gasteiger partial charge in [0.25, 0.3) is 0 Å². The summed E-state index contributed by atoms with van der Waals surface area (Å²) < 4.78 is 6.58. The van der Waals surface area contributed by atoms with E-state index in [0.29, 0.717) is 17.5 Å². The number of benzene rings is 6. The summed E-state index contributed by atoms with van der Waals surface area (Å²) in [4.78, 5) is 17.6. The molecule has 2 heterocycles. The van der Waals surface area contributed by atoms with Crippen LogP contribution >= 0.6 is 0 Å². The van der Waals surface area contributed by atoms with Crippen LogP contribution in [-0.4, -0.2) is 15.0 Å². The summed E-state index contributed by atoms with van der Waals surface area (Å²) in [6.07, 6.45) is 7.22. The molecule has 1 aliphatic carbocycles. The Labute approximate surface area is 292 Å². The highest BCUT2D eigenvalue weighted by molar-refractivity contribution is 5.99. The molecule has 1 aliphatic heterocycles. The maximum absolute atomic E-state index is 6.58. The van der Waals surface area contributed by atoms with E-state index in [1.807, 2.05) is 30.3 Å². The summed E-state index contributed by atoms with van der Waals surface area (Å²) in [5, 5.41) is 2.23. The molecule has 0 unspecified atom stereocenters. The van der Waals surface area contributed by atoms with E-state index in [1.165, 1.54) is 24.0 Å². The molecule has 0 N–H and O–H groups in total. The molecule has 5 heteroatoms. The number of hydrogen-bond acceptors (Lipinski definition) is 5. The van der Waals surface area contributed by atoms with Crippen molar-refractivity contribution in [1.82, 2.24) is 15.0 Å². The molecule has 0 atom stereocenters. The van der Waals surface area contributed by atoms with Gasteiger partial charge in [0.05, 0.1) is 11.4 Å². The molecule has 9 rings (SSSR count). The molecule has 0 saturated carbocycles. The van der Waals surface area contributed by atoms with E-state index < -0.39 is 0 Å². The number of para-hydroxylation sites is 2. The standard InChI is InChI=1S/C45H36N4O/c1-29-27-36(49-38-19-11-12-20-40(38)50-42-37-18-10-9-15-33(37)25-26-39(42)49)28-30(2)41(29)45-47-43(34-16-7-4-8-17-34)46-44(48-45)35-23-21-32(22-24-35)31-13-5-3-6-14-31/h4,7-13,15-28H,3,5-6,14H2,1-2H3. The zero-order chi connectivity index (χ0) is 33.6. The summed E-state index contributed by atoms with van der Waals surface area (Å²) in [6.45, 7) is 4.30. The maximum atomic E-state index is 6.58. The summed E-state index contributed by atoms with van der Waals surface area (Å²) in [5.74, 6) is 3.69. The van der Waals surface area contributed by atoms with Gasteiger partial charge in [0.1, 0.15) is 0 Å². The quantitative estimate of drug-likeness (QED) is 0.186. The third kappa shape index (κ3) is 5.32. The van der Waals surface area contributed by atoms with Gasteiger partial charge in [-0.05, 0) is 97.5 Å². The number of ether oxygens (including phenoxy) is 1. The Morgan fingerprint density at radius 2 is 1.24 bits per heavy atom. The van der Waals surface area contributed by atoms with Crippen LogP contribution in [0.25, 0.3) is 50.5 Å². The molecular weight excluding hydrogens is 613 g/mol. The molecule has 0 fully saturated rings. The van der Waals surface area contributed by atoms with Gasteiger partial charge < -0.3 is 9.64 Å². The van der Waals surface area contributed by atoms with Crippen molar-refractivity contribution in [3.63, 3.8) is 0 Å². The average molecular weight is 649 g/mol. The molecule has 242 valence electrons. The maximum Gasteiger partial charge on any atom is 0.164 e. The lowest BCUT2D eigenvalue weighted by molar-refractivity contribution is 0.482. The first-order valence-electron chi connectivity index (χ1n) is 17.4. The van der Waals surface area contributed by atoms with Gasteiger partial charge in [0, 0.05) is 27.8 Å². The van der Waals surface area contributed by atoms with Crippen LogP contribution in [0.4, 0.5) is 17.1 Å². The zero-order valence-electron chi connectivity index (χ0n) is 28.2.